The molecule has 4 N–H and O–H groups in total. The smallest absolute Gasteiger partial charge is 0.417 e. The van der Waals surface area contributed by atoms with Crippen molar-refractivity contribution in [3.8, 4) is 22.6 Å². The molecule has 1 aromatic heterocycles. The molecule has 1 saturated heterocycles. The van der Waals surface area contributed by atoms with Gasteiger partial charge in [0, 0.05) is 18.7 Å². The second-order valence-corrected chi connectivity index (χ2v) is 9.88. The highest BCUT2D eigenvalue weighted by atomic mass is 35.5. The van der Waals surface area contributed by atoms with E-state index in [0.717, 1.165) is 16.8 Å². The van der Waals surface area contributed by atoms with Crippen molar-refractivity contribution in [1.82, 2.24) is 19.1 Å². The van der Waals surface area contributed by atoms with E-state index in [0.29, 0.717) is 25.9 Å². The maximum Gasteiger partial charge on any atom is 0.417 e. The lowest BCUT2D eigenvalue weighted by atomic mass is 9.98. The molecule has 0 radical (unpaired) electrons. The van der Waals surface area contributed by atoms with Crippen molar-refractivity contribution in [2.45, 2.75) is 23.9 Å². The molecule has 0 amide bonds. The van der Waals surface area contributed by atoms with E-state index >= 15 is 0 Å². The van der Waals surface area contributed by atoms with E-state index in [1.807, 2.05) is 0 Å². The number of nitrogen functional groups attached to an aromatic ring is 2. The minimum Gasteiger partial charge on any atom is -0.495 e. The highest BCUT2D eigenvalue weighted by Crippen LogP contribution is 2.44. The van der Waals surface area contributed by atoms with Crippen LogP contribution in [0, 0.1) is 0 Å². The monoisotopic (exact) mass is 516 g/mol. The van der Waals surface area contributed by atoms with E-state index in [-0.39, 0.29) is 38.8 Å². The molecule has 0 unspecified atom stereocenters. The first-order valence-electron chi connectivity index (χ1n) is 10.0. The number of hydrogen-bond acceptors (Lipinski definition) is 7. The van der Waals surface area contributed by atoms with Crippen molar-refractivity contribution in [1.29, 1.82) is 0 Å². The van der Waals surface area contributed by atoms with Crippen LogP contribution in [0.5, 0.6) is 5.75 Å². The zero-order chi connectivity index (χ0) is 24.8. The van der Waals surface area contributed by atoms with Crippen LogP contribution in [0.25, 0.3) is 16.8 Å². The molecular formula is C20H20ClF3N6O3S. The Balaban J connectivity index is 1.93. The van der Waals surface area contributed by atoms with E-state index < -0.39 is 27.3 Å². The average molecular weight is 517 g/mol. The first-order chi connectivity index (χ1) is 15.9. The number of rotatable bonds is 5. The summed E-state index contributed by atoms with van der Waals surface area (Å²) in [6.45, 7) is 0.642. The maximum absolute atomic E-state index is 14.1. The van der Waals surface area contributed by atoms with E-state index in [1.54, 1.807) is 0 Å². The van der Waals surface area contributed by atoms with Crippen molar-refractivity contribution < 1.29 is 26.3 Å². The van der Waals surface area contributed by atoms with Crippen LogP contribution in [0.1, 0.15) is 18.4 Å². The fourth-order valence-electron chi connectivity index (χ4n) is 3.86. The molecule has 0 aliphatic carbocycles. The van der Waals surface area contributed by atoms with Gasteiger partial charge >= 0.3 is 6.18 Å². The van der Waals surface area contributed by atoms with Gasteiger partial charge in [-0.25, -0.2) is 8.42 Å². The summed E-state index contributed by atoms with van der Waals surface area (Å²) in [4.78, 5) is 3.44. The molecule has 0 atom stereocenters. The van der Waals surface area contributed by atoms with Gasteiger partial charge in [0.2, 0.25) is 21.9 Å². The number of hydrogen-bond donors (Lipinski definition) is 2. The summed E-state index contributed by atoms with van der Waals surface area (Å²) in [5, 5.41) is 3.49. The Hall–Kier alpha value is -3.03. The fraction of sp³-hybridized carbons (Fsp3) is 0.300. The normalized spacial score (nSPS) is 15.1. The van der Waals surface area contributed by atoms with Gasteiger partial charge < -0.3 is 16.2 Å². The number of ether oxygens (including phenoxy) is 1. The molecule has 0 bridgehead atoms. The minimum absolute atomic E-state index is 0.0165. The van der Waals surface area contributed by atoms with Crippen LogP contribution in [0.15, 0.2) is 35.2 Å². The summed E-state index contributed by atoms with van der Waals surface area (Å²) in [7, 11) is -2.71. The third-order valence-electron chi connectivity index (χ3n) is 5.41. The quantitative estimate of drug-likeness (QED) is 0.530. The van der Waals surface area contributed by atoms with Crippen molar-refractivity contribution in [2.24, 2.45) is 0 Å². The number of nitrogens with zero attached hydrogens (tertiary/aromatic N) is 4. The van der Waals surface area contributed by atoms with Crippen LogP contribution < -0.4 is 16.2 Å². The zero-order valence-electron chi connectivity index (χ0n) is 17.8. The van der Waals surface area contributed by atoms with Gasteiger partial charge in [-0.15, -0.1) is 5.10 Å². The van der Waals surface area contributed by atoms with Crippen LogP contribution in [-0.2, 0) is 16.2 Å². The highest BCUT2D eigenvalue weighted by molar-refractivity contribution is 7.89. The van der Waals surface area contributed by atoms with E-state index in [2.05, 4.69) is 10.1 Å². The van der Waals surface area contributed by atoms with Gasteiger partial charge in [-0.1, -0.05) is 17.7 Å². The van der Waals surface area contributed by atoms with Gasteiger partial charge in [0.25, 0.3) is 0 Å². The summed E-state index contributed by atoms with van der Waals surface area (Å²) in [5.74, 6) is -0.432. The zero-order valence-corrected chi connectivity index (χ0v) is 19.4. The van der Waals surface area contributed by atoms with Crippen molar-refractivity contribution in [3.63, 3.8) is 0 Å². The molecule has 2 aromatic carbocycles. The van der Waals surface area contributed by atoms with Gasteiger partial charge in [-0.2, -0.15) is 27.1 Å². The van der Waals surface area contributed by atoms with Gasteiger partial charge in [0.1, 0.15) is 10.6 Å². The third-order valence-corrected chi connectivity index (χ3v) is 7.63. The summed E-state index contributed by atoms with van der Waals surface area (Å²) in [6, 6.07) is 5.78. The molecule has 0 spiro atoms. The summed E-state index contributed by atoms with van der Waals surface area (Å²) in [6.07, 6.45) is -3.45. The lowest BCUT2D eigenvalue weighted by molar-refractivity contribution is -0.137. The SMILES string of the molecule is COc1ccc(-c2c(Cl)cc(-n3nc(N)nc3N)cc2C(F)(F)F)cc1S(=O)(=O)N1CCCC1. The molecule has 1 aliphatic heterocycles. The molecule has 1 aliphatic rings. The summed E-state index contributed by atoms with van der Waals surface area (Å²) < 4.78 is 76.2. The van der Waals surface area contributed by atoms with Gasteiger partial charge in [0.05, 0.1) is 23.4 Å². The lowest BCUT2D eigenvalue weighted by Gasteiger charge is -2.20. The molecule has 2 heterocycles. The number of sulfonamides is 1. The molecule has 4 rings (SSSR count). The Bertz CT molecular complexity index is 1350. The van der Waals surface area contributed by atoms with Crippen molar-refractivity contribution >= 4 is 33.5 Å². The molecule has 0 saturated carbocycles. The number of alkyl halides is 3. The Kier molecular flexibility index (Phi) is 6.12. The Morgan fingerprint density at radius 2 is 1.79 bits per heavy atom. The summed E-state index contributed by atoms with van der Waals surface area (Å²) >= 11 is 6.33. The lowest BCUT2D eigenvalue weighted by Crippen LogP contribution is -2.28. The Morgan fingerprint density at radius 3 is 2.35 bits per heavy atom. The van der Waals surface area contributed by atoms with Crippen molar-refractivity contribution in [2.75, 3.05) is 31.7 Å². The second kappa shape index (κ2) is 8.64. The highest BCUT2D eigenvalue weighted by Gasteiger charge is 2.37. The number of anilines is 2. The predicted molar refractivity (Wildman–Crippen MR) is 120 cm³/mol. The van der Waals surface area contributed by atoms with E-state index in [9.17, 15) is 21.6 Å². The molecule has 182 valence electrons. The topological polar surface area (TPSA) is 129 Å². The van der Waals surface area contributed by atoms with Gasteiger partial charge in [-0.05, 0) is 42.7 Å². The van der Waals surface area contributed by atoms with Crippen LogP contribution in [-0.4, -0.2) is 47.7 Å². The standard InChI is InChI=1S/C20H20ClF3N6O3S/c1-33-15-5-4-11(8-16(15)34(31,32)29-6-2-3-7-29)17-13(20(22,23)24)9-12(10-14(17)21)30-19(26)27-18(25)28-30/h4-5,8-10H,2-3,6-7H2,1H3,(H4,25,26,27,28). The van der Waals surface area contributed by atoms with Gasteiger partial charge in [0.15, 0.2) is 0 Å². The second-order valence-electron chi connectivity index (χ2n) is 7.56. The number of benzene rings is 2. The predicted octanol–water partition coefficient (Wildman–Crippen LogP) is 3.56. The summed E-state index contributed by atoms with van der Waals surface area (Å²) in [5.41, 5.74) is 9.51. The molecule has 34 heavy (non-hydrogen) atoms. The largest absolute Gasteiger partial charge is 0.495 e. The molecule has 1 fully saturated rings. The first kappa shape index (κ1) is 24.1. The average Bonchev–Trinajstić information content (AvgIpc) is 3.42. The number of methoxy groups -OCH3 is 1. The Morgan fingerprint density at radius 1 is 1.12 bits per heavy atom. The maximum atomic E-state index is 14.1. The third kappa shape index (κ3) is 4.26. The van der Waals surface area contributed by atoms with Gasteiger partial charge in [-0.3, -0.25) is 0 Å². The molecule has 9 nitrogen and oxygen atoms in total. The Labute approximate surface area is 198 Å². The fourth-order valence-corrected chi connectivity index (χ4v) is 5.89. The molecular weight excluding hydrogens is 497 g/mol. The van der Waals surface area contributed by atoms with E-state index in [4.69, 9.17) is 27.8 Å². The number of aromatic nitrogens is 3. The van der Waals surface area contributed by atoms with E-state index in [1.165, 1.54) is 29.6 Å². The van der Waals surface area contributed by atoms with Crippen LogP contribution in [0.4, 0.5) is 25.1 Å². The minimum atomic E-state index is -4.84. The molecule has 3 aromatic rings. The van der Waals surface area contributed by atoms with Crippen LogP contribution in [0.3, 0.4) is 0 Å². The number of nitrogens with two attached hydrogens (primary N) is 2. The molecule has 14 heteroatoms. The first-order valence-corrected chi connectivity index (χ1v) is 11.8. The van der Waals surface area contributed by atoms with Crippen LogP contribution in [0.2, 0.25) is 5.02 Å². The number of halogens is 4. The van der Waals surface area contributed by atoms with Crippen LogP contribution >= 0.6 is 11.6 Å². The van der Waals surface area contributed by atoms with Crippen molar-refractivity contribution in [3.05, 3.63) is 40.9 Å².